The van der Waals surface area contributed by atoms with Crippen molar-refractivity contribution in [3.05, 3.63) is 86.9 Å². The molecule has 0 saturated heterocycles. The number of rotatable bonds is 7. The van der Waals surface area contributed by atoms with Gasteiger partial charge in [0.1, 0.15) is 0 Å². The van der Waals surface area contributed by atoms with Gasteiger partial charge >= 0.3 is 0 Å². The fourth-order valence-corrected chi connectivity index (χ4v) is 4.52. The highest BCUT2D eigenvalue weighted by molar-refractivity contribution is 7.98. The quantitative estimate of drug-likeness (QED) is 0.292. The molecule has 7 heteroatoms. The second-order valence-corrected chi connectivity index (χ2v) is 8.67. The molecule has 0 fully saturated rings. The van der Waals surface area contributed by atoms with Crippen LogP contribution in [0.15, 0.2) is 64.7 Å². The summed E-state index contributed by atoms with van der Waals surface area (Å²) in [5, 5.41) is 6.45. The Balaban J connectivity index is 1.59. The number of aryl methyl sites for hydroxylation is 3. The van der Waals surface area contributed by atoms with Crippen LogP contribution < -0.4 is 5.56 Å². The normalized spacial score (nSPS) is 11.3. The van der Waals surface area contributed by atoms with E-state index in [0.717, 1.165) is 28.5 Å². The van der Waals surface area contributed by atoms with E-state index in [4.69, 9.17) is 16.6 Å². The van der Waals surface area contributed by atoms with Gasteiger partial charge in [0.25, 0.3) is 5.56 Å². The zero-order chi connectivity index (χ0) is 21.1. The molecule has 154 valence electrons. The zero-order valence-electron chi connectivity index (χ0n) is 17.0. The van der Waals surface area contributed by atoms with E-state index in [1.165, 1.54) is 11.1 Å². The van der Waals surface area contributed by atoms with Gasteiger partial charge in [-0.25, -0.2) is 4.98 Å². The molecule has 0 spiro atoms. The van der Waals surface area contributed by atoms with Gasteiger partial charge in [0.15, 0.2) is 5.16 Å². The first-order chi connectivity index (χ1) is 14.5. The van der Waals surface area contributed by atoms with Crippen LogP contribution in [0.4, 0.5) is 0 Å². The van der Waals surface area contributed by atoms with E-state index >= 15 is 0 Å². The minimum atomic E-state index is 0.00187. The van der Waals surface area contributed by atoms with Crippen LogP contribution in [0.3, 0.4) is 0 Å². The number of halogens is 1. The number of nitrogens with zero attached hydrogens (tertiary/aromatic N) is 4. The smallest absolute Gasteiger partial charge is 0.262 e. The summed E-state index contributed by atoms with van der Waals surface area (Å²) in [5.41, 5.74) is 4.00. The van der Waals surface area contributed by atoms with Gasteiger partial charge < -0.3 is 0 Å². The van der Waals surface area contributed by atoms with Crippen molar-refractivity contribution in [1.82, 2.24) is 19.3 Å². The predicted molar refractivity (Wildman–Crippen MR) is 123 cm³/mol. The van der Waals surface area contributed by atoms with Gasteiger partial charge in [-0.1, -0.05) is 65.3 Å². The van der Waals surface area contributed by atoms with Gasteiger partial charge in [0, 0.05) is 25.0 Å². The third-order valence-electron chi connectivity index (χ3n) is 4.93. The predicted octanol–water partition coefficient (Wildman–Crippen LogP) is 5.25. The van der Waals surface area contributed by atoms with Crippen molar-refractivity contribution >= 4 is 34.3 Å². The largest absolute Gasteiger partial charge is 0.287 e. The maximum absolute atomic E-state index is 13.2. The SMILES string of the molecule is Cc1cccc(CSc2nc3ccccc3c(=O)n2CCCn2cc(Cl)c(C)n2)c1. The van der Waals surface area contributed by atoms with E-state index in [9.17, 15) is 4.79 Å². The van der Waals surface area contributed by atoms with Gasteiger partial charge in [-0.3, -0.25) is 14.0 Å². The van der Waals surface area contributed by atoms with Crippen LogP contribution in [-0.4, -0.2) is 19.3 Å². The van der Waals surface area contributed by atoms with Crippen LogP contribution >= 0.6 is 23.4 Å². The van der Waals surface area contributed by atoms with Crippen molar-refractivity contribution in [1.29, 1.82) is 0 Å². The number of aromatic nitrogens is 4. The molecule has 4 rings (SSSR count). The average molecular weight is 439 g/mol. The molecule has 0 aliphatic rings. The van der Waals surface area contributed by atoms with Gasteiger partial charge in [0.2, 0.25) is 0 Å². The Hall–Kier alpha value is -2.57. The van der Waals surface area contributed by atoms with E-state index in [2.05, 4.69) is 36.3 Å². The van der Waals surface area contributed by atoms with E-state index in [-0.39, 0.29) is 5.56 Å². The van der Waals surface area contributed by atoms with Crippen LogP contribution in [0.25, 0.3) is 10.9 Å². The average Bonchev–Trinajstić information content (AvgIpc) is 3.05. The minimum Gasteiger partial charge on any atom is -0.287 e. The van der Waals surface area contributed by atoms with Crippen LogP contribution in [0, 0.1) is 13.8 Å². The van der Waals surface area contributed by atoms with Crippen molar-refractivity contribution in [2.24, 2.45) is 0 Å². The zero-order valence-corrected chi connectivity index (χ0v) is 18.6. The molecule has 4 aromatic rings. The van der Waals surface area contributed by atoms with E-state index < -0.39 is 0 Å². The molecule has 2 heterocycles. The minimum absolute atomic E-state index is 0.00187. The molecular formula is C23H23ClN4OS. The molecule has 0 aliphatic carbocycles. The molecular weight excluding hydrogens is 416 g/mol. The van der Waals surface area contributed by atoms with Gasteiger partial charge in [0.05, 0.1) is 21.6 Å². The summed E-state index contributed by atoms with van der Waals surface area (Å²) in [6.45, 7) is 5.23. The highest BCUT2D eigenvalue weighted by Crippen LogP contribution is 2.23. The van der Waals surface area contributed by atoms with Gasteiger partial charge in [-0.2, -0.15) is 5.10 Å². The van der Waals surface area contributed by atoms with Crippen molar-refractivity contribution in [3.8, 4) is 0 Å². The third kappa shape index (κ3) is 4.60. The molecule has 0 atom stereocenters. The highest BCUT2D eigenvalue weighted by Gasteiger charge is 2.12. The second-order valence-electron chi connectivity index (χ2n) is 7.33. The molecule has 0 aliphatic heterocycles. The lowest BCUT2D eigenvalue weighted by atomic mass is 10.2. The Bertz CT molecular complexity index is 1230. The molecule has 2 aromatic heterocycles. The standard InChI is InChI=1S/C23H23ClN4OS/c1-16-7-5-8-18(13-16)15-30-23-25-21-10-4-3-9-19(21)22(29)28(23)12-6-11-27-14-20(24)17(2)26-27/h3-5,7-10,13-14H,6,11-12,15H2,1-2H3. The number of thioether (sulfide) groups is 1. The Morgan fingerprint density at radius 3 is 2.67 bits per heavy atom. The topological polar surface area (TPSA) is 52.7 Å². The Morgan fingerprint density at radius 2 is 1.90 bits per heavy atom. The molecule has 0 saturated carbocycles. The molecule has 0 N–H and O–H groups in total. The van der Waals surface area contributed by atoms with Crippen LogP contribution in [0.5, 0.6) is 0 Å². The van der Waals surface area contributed by atoms with Crippen LogP contribution in [0.1, 0.15) is 23.2 Å². The van der Waals surface area contributed by atoms with Gasteiger partial charge in [-0.05, 0) is 38.0 Å². The monoisotopic (exact) mass is 438 g/mol. The van der Waals surface area contributed by atoms with Gasteiger partial charge in [-0.15, -0.1) is 0 Å². The van der Waals surface area contributed by atoms with Crippen LogP contribution in [-0.2, 0) is 18.8 Å². The molecule has 0 amide bonds. The highest BCUT2D eigenvalue weighted by atomic mass is 35.5. The maximum Gasteiger partial charge on any atom is 0.262 e. The Kier molecular flexibility index (Phi) is 6.25. The van der Waals surface area contributed by atoms with Crippen molar-refractivity contribution in [2.75, 3.05) is 0 Å². The molecule has 5 nitrogen and oxygen atoms in total. The second kappa shape index (κ2) is 9.06. The van der Waals surface area contributed by atoms with Crippen molar-refractivity contribution in [2.45, 2.75) is 44.3 Å². The number of benzene rings is 2. The summed E-state index contributed by atoms with van der Waals surface area (Å²) in [4.78, 5) is 18.0. The number of fused-ring (bicyclic) bond motifs is 1. The lowest BCUT2D eigenvalue weighted by Gasteiger charge is -2.13. The summed E-state index contributed by atoms with van der Waals surface area (Å²) >= 11 is 7.70. The summed E-state index contributed by atoms with van der Waals surface area (Å²) in [5.74, 6) is 0.764. The first kappa shape index (κ1) is 20.7. The van der Waals surface area contributed by atoms with Crippen LogP contribution in [0.2, 0.25) is 5.02 Å². The van der Waals surface area contributed by atoms with Crippen molar-refractivity contribution < 1.29 is 0 Å². The molecule has 30 heavy (non-hydrogen) atoms. The molecule has 0 bridgehead atoms. The summed E-state index contributed by atoms with van der Waals surface area (Å²) in [6.07, 6.45) is 2.58. The maximum atomic E-state index is 13.2. The Morgan fingerprint density at radius 1 is 1.07 bits per heavy atom. The van der Waals surface area contributed by atoms with E-state index in [1.54, 1.807) is 16.3 Å². The number of hydrogen-bond donors (Lipinski definition) is 0. The molecule has 0 unspecified atom stereocenters. The fraction of sp³-hybridized carbons (Fsp3) is 0.261. The number of para-hydroxylation sites is 1. The van der Waals surface area contributed by atoms with E-state index in [1.807, 2.05) is 42.1 Å². The third-order valence-corrected chi connectivity index (χ3v) is 6.35. The van der Waals surface area contributed by atoms with E-state index in [0.29, 0.717) is 23.5 Å². The number of hydrogen-bond acceptors (Lipinski definition) is 4. The summed E-state index contributed by atoms with van der Waals surface area (Å²) in [7, 11) is 0. The molecule has 0 radical (unpaired) electrons. The summed E-state index contributed by atoms with van der Waals surface area (Å²) in [6, 6.07) is 15.9. The summed E-state index contributed by atoms with van der Waals surface area (Å²) < 4.78 is 3.62. The lowest BCUT2D eigenvalue weighted by molar-refractivity contribution is 0.493. The first-order valence-corrected chi connectivity index (χ1v) is 11.2. The Labute approximate surface area is 184 Å². The first-order valence-electron chi connectivity index (χ1n) is 9.89. The van der Waals surface area contributed by atoms with Crippen molar-refractivity contribution in [3.63, 3.8) is 0 Å². The fourth-order valence-electron chi connectivity index (χ4n) is 3.40. The lowest BCUT2D eigenvalue weighted by Crippen LogP contribution is -2.24. The molecule has 2 aromatic carbocycles.